The van der Waals surface area contributed by atoms with E-state index >= 15 is 0 Å². The topological polar surface area (TPSA) is 81.5 Å². The first-order chi connectivity index (χ1) is 14.7. The molecule has 1 aliphatic heterocycles. The van der Waals surface area contributed by atoms with Crippen LogP contribution in [-0.2, 0) is 38.2 Å². The molecule has 0 spiro atoms. The molecular formula is C23H33N3O4S. The van der Waals surface area contributed by atoms with Gasteiger partial charge in [0.2, 0.25) is 20.9 Å². The van der Waals surface area contributed by atoms with Gasteiger partial charge in [0.15, 0.2) is 0 Å². The van der Waals surface area contributed by atoms with Crippen molar-refractivity contribution in [1.29, 1.82) is 0 Å². The van der Waals surface area contributed by atoms with Crippen LogP contribution in [0.25, 0.3) is 0 Å². The maximum Gasteiger partial charge on any atom is 0.228 e. The third-order valence-corrected chi connectivity index (χ3v) is 7.12. The van der Waals surface area contributed by atoms with Crippen molar-refractivity contribution in [2.45, 2.75) is 76.7 Å². The number of benzene rings is 1. The zero-order valence-corrected chi connectivity index (χ0v) is 19.6. The lowest BCUT2D eigenvalue weighted by Gasteiger charge is -2.29. The summed E-state index contributed by atoms with van der Waals surface area (Å²) in [4.78, 5) is 18.8. The standard InChI is InChI=1S/C23H33N3O4S/c1-17(2)22(27)25(18(3)4)14-20-13-24-23(26(20)15-21-11-8-12-30-21)31(28,29)16-19-9-6-5-7-10-19/h5-7,9-10,13,17-18,21H,8,11-12,14-16H2,1-4H3/t21-/m0/s1. The Morgan fingerprint density at radius 1 is 1.23 bits per heavy atom. The van der Waals surface area contributed by atoms with Crippen molar-refractivity contribution >= 4 is 15.7 Å². The molecule has 1 fully saturated rings. The van der Waals surface area contributed by atoms with E-state index in [9.17, 15) is 13.2 Å². The lowest BCUT2D eigenvalue weighted by atomic mass is 10.1. The largest absolute Gasteiger partial charge is 0.376 e. The molecule has 1 aromatic carbocycles. The van der Waals surface area contributed by atoms with Crippen LogP contribution in [0, 0.1) is 5.92 Å². The number of aromatic nitrogens is 2. The number of rotatable bonds is 9. The second kappa shape index (κ2) is 9.96. The lowest BCUT2D eigenvalue weighted by molar-refractivity contribution is -0.137. The molecule has 1 saturated heterocycles. The van der Waals surface area contributed by atoms with Crippen LogP contribution in [0.3, 0.4) is 0 Å². The van der Waals surface area contributed by atoms with Gasteiger partial charge in [-0.15, -0.1) is 0 Å². The molecule has 170 valence electrons. The molecule has 1 aliphatic rings. The van der Waals surface area contributed by atoms with Crippen molar-refractivity contribution in [3.8, 4) is 0 Å². The molecule has 0 N–H and O–H groups in total. The van der Waals surface area contributed by atoms with Gasteiger partial charge in [0, 0.05) is 18.6 Å². The summed E-state index contributed by atoms with van der Waals surface area (Å²) in [6.07, 6.45) is 3.39. The van der Waals surface area contributed by atoms with Gasteiger partial charge in [-0.05, 0) is 32.3 Å². The van der Waals surface area contributed by atoms with Crippen LogP contribution in [-0.4, -0.2) is 47.5 Å². The number of hydrogen-bond donors (Lipinski definition) is 0. The van der Waals surface area contributed by atoms with Crippen molar-refractivity contribution in [2.75, 3.05) is 6.61 Å². The number of ether oxygens (including phenoxy) is 1. The second-order valence-corrected chi connectivity index (χ2v) is 10.6. The van der Waals surface area contributed by atoms with Crippen LogP contribution < -0.4 is 0 Å². The molecule has 0 aliphatic carbocycles. The minimum atomic E-state index is -3.66. The molecule has 0 bridgehead atoms. The molecular weight excluding hydrogens is 414 g/mol. The minimum Gasteiger partial charge on any atom is -0.376 e. The molecule has 1 amide bonds. The van der Waals surface area contributed by atoms with E-state index in [1.54, 1.807) is 27.8 Å². The highest BCUT2D eigenvalue weighted by molar-refractivity contribution is 7.90. The first-order valence-electron chi connectivity index (χ1n) is 10.9. The highest BCUT2D eigenvalue weighted by Crippen LogP contribution is 2.23. The molecule has 0 unspecified atom stereocenters. The van der Waals surface area contributed by atoms with Crippen molar-refractivity contribution in [2.24, 2.45) is 5.92 Å². The average molecular weight is 448 g/mol. The van der Waals surface area contributed by atoms with Crippen molar-refractivity contribution < 1.29 is 17.9 Å². The molecule has 1 atom stereocenters. The van der Waals surface area contributed by atoms with E-state index in [0.717, 1.165) is 18.4 Å². The van der Waals surface area contributed by atoms with Crippen LogP contribution in [0.1, 0.15) is 51.8 Å². The number of hydrogen-bond acceptors (Lipinski definition) is 5. The number of imidazole rings is 1. The van der Waals surface area contributed by atoms with E-state index in [-0.39, 0.29) is 34.9 Å². The monoisotopic (exact) mass is 447 g/mol. The number of nitrogens with zero attached hydrogens (tertiary/aromatic N) is 3. The van der Waals surface area contributed by atoms with Crippen molar-refractivity contribution in [3.63, 3.8) is 0 Å². The smallest absolute Gasteiger partial charge is 0.228 e. The van der Waals surface area contributed by atoms with Crippen LogP contribution in [0.15, 0.2) is 41.7 Å². The van der Waals surface area contributed by atoms with E-state index in [1.165, 1.54) is 0 Å². The Kier molecular flexibility index (Phi) is 7.54. The minimum absolute atomic E-state index is 0.00893. The Balaban J connectivity index is 1.96. The number of sulfone groups is 1. The van der Waals surface area contributed by atoms with Gasteiger partial charge in [-0.1, -0.05) is 44.2 Å². The molecule has 8 heteroatoms. The fraction of sp³-hybridized carbons (Fsp3) is 0.565. The number of carbonyl (C=O) groups excluding carboxylic acids is 1. The van der Waals surface area contributed by atoms with Gasteiger partial charge >= 0.3 is 0 Å². The van der Waals surface area contributed by atoms with Crippen LogP contribution in [0.2, 0.25) is 0 Å². The summed E-state index contributed by atoms with van der Waals surface area (Å²) in [5.41, 5.74) is 1.43. The van der Waals surface area contributed by atoms with Crippen LogP contribution in [0.4, 0.5) is 0 Å². The Morgan fingerprint density at radius 3 is 2.52 bits per heavy atom. The molecule has 0 radical (unpaired) electrons. The Labute approximate surface area is 185 Å². The molecule has 0 saturated carbocycles. The summed E-state index contributed by atoms with van der Waals surface area (Å²) in [6, 6.07) is 9.10. The predicted octanol–water partition coefficient (Wildman–Crippen LogP) is 3.43. The average Bonchev–Trinajstić information content (AvgIpc) is 3.36. The highest BCUT2D eigenvalue weighted by atomic mass is 32.2. The summed E-state index contributed by atoms with van der Waals surface area (Å²) in [6.45, 7) is 9.09. The van der Waals surface area contributed by atoms with E-state index in [4.69, 9.17) is 4.74 Å². The Hall–Kier alpha value is -2.19. The first-order valence-corrected chi connectivity index (χ1v) is 12.6. The van der Waals surface area contributed by atoms with E-state index in [2.05, 4.69) is 4.98 Å². The van der Waals surface area contributed by atoms with Crippen molar-refractivity contribution in [1.82, 2.24) is 14.5 Å². The van der Waals surface area contributed by atoms with E-state index < -0.39 is 9.84 Å². The fourth-order valence-electron chi connectivity index (χ4n) is 3.83. The Morgan fingerprint density at radius 2 is 1.94 bits per heavy atom. The zero-order chi connectivity index (χ0) is 22.6. The summed E-state index contributed by atoms with van der Waals surface area (Å²) in [5, 5.41) is 0.0440. The third-order valence-electron chi connectivity index (χ3n) is 5.52. The molecule has 3 rings (SSSR count). The normalized spacial score (nSPS) is 16.9. The quantitative estimate of drug-likeness (QED) is 0.588. The Bertz CT molecular complexity index is 978. The second-order valence-electron chi connectivity index (χ2n) is 8.74. The van der Waals surface area contributed by atoms with Gasteiger partial charge in [-0.2, -0.15) is 0 Å². The van der Waals surface area contributed by atoms with Gasteiger partial charge in [-0.3, -0.25) is 4.79 Å². The summed E-state index contributed by atoms with van der Waals surface area (Å²) >= 11 is 0. The lowest BCUT2D eigenvalue weighted by Crippen LogP contribution is -2.39. The molecule has 2 heterocycles. The maximum absolute atomic E-state index is 13.3. The molecule has 2 aromatic rings. The fourth-order valence-corrected chi connectivity index (χ4v) is 5.33. The summed E-state index contributed by atoms with van der Waals surface area (Å²) in [7, 11) is -3.66. The maximum atomic E-state index is 13.3. The first kappa shape index (κ1) is 23.5. The zero-order valence-electron chi connectivity index (χ0n) is 18.8. The van der Waals surface area contributed by atoms with Crippen molar-refractivity contribution in [3.05, 3.63) is 47.8 Å². The van der Waals surface area contributed by atoms with Gasteiger partial charge in [0.1, 0.15) is 0 Å². The summed E-state index contributed by atoms with van der Waals surface area (Å²) in [5.74, 6) is -0.221. The highest BCUT2D eigenvalue weighted by Gasteiger charge is 2.29. The molecule has 31 heavy (non-hydrogen) atoms. The number of carbonyl (C=O) groups is 1. The third kappa shape index (κ3) is 5.74. The predicted molar refractivity (Wildman–Crippen MR) is 119 cm³/mol. The van der Waals surface area contributed by atoms with E-state index in [0.29, 0.717) is 25.4 Å². The number of amides is 1. The van der Waals surface area contributed by atoms with Gasteiger partial charge in [0.25, 0.3) is 0 Å². The molecule has 7 nitrogen and oxygen atoms in total. The van der Waals surface area contributed by atoms with Crippen LogP contribution >= 0.6 is 0 Å². The van der Waals surface area contributed by atoms with Gasteiger partial charge in [-0.25, -0.2) is 13.4 Å². The van der Waals surface area contributed by atoms with Gasteiger partial charge in [0.05, 0.1) is 36.8 Å². The van der Waals surface area contributed by atoms with Crippen LogP contribution in [0.5, 0.6) is 0 Å². The molecule has 1 aromatic heterocycles. The van der Waals surface area contributed by atoms with Gasteiger partial charge < -0.3 is 14.2 Å². The summed E-state index contributed by atoms with van der Waals surface area (Å²) < 4.78 is 34.1. The van der Waals surface area contributed by atoms with E-state index in [1.807, 2.05) is 45.9 Å². The SMILES string of the molecule is CC(C)C(=O)N(Cc1cnc(S(=O)(=O)Cc2ccccc2)n1C[C@@H]1CCCO1)C(C)C.